The van der Waals surface area contributed by atoms with Crippen molar-refractivity contribution in [1.82, 2.24) is 9.88 Å². The van der Waals surface area contributed by atoms with Crippen molar-refractivity contribution < 1.29 is 19.0 Å². The number of rotatable bonds is 5. The van der Waals surface area contributed by atoms with E-state index < -0.39 is 11.7 Å². The standard InChI is InChI=1S/C28H31FN2O3/c1-17-13-21(29)14-18(2)26(17)24-8-11-30-25-15-22(6-7-23(24)25)34-19(3)27(32)31-12-4-5-20(16-31)28(33)9-10-28/h6-8,11,13-15,19-20,33H,4-5,9-10,12,16H2,1-3H3. The first-order valence-electron chi connectivity index (χ1n) is 12.1. The van der Waals surface area contributed by atoms with Crippen molar-refractivity contribution in [1.29, 1.82) is 0 Å². The molecule has 0 spiro atoms. The van der Waals surface area contributed by atoms with Crippen LogP contribution in [0.5, 0.6) is 5.75 Å². The second-order valence-electron chi connectivity index (χ2n) is 9.94. The molecule has 1 aliphatic carbocycles. The molecule has 5 rings (SSSR count). The predicted octanol–water partition coefficient (Wildman–Crippen LogP) is 5.19. The molecule has 1 N–H and O–H groups in total. The molecule has 2 aromatic carbocycles. The van der Waals surface area contributed by atoms with Gasteiger partial charge in [-0.15, -0.1) is 0 Å². The SMILES string of the molecule is Cc1cc(F)cc(C)c1-c1ccnc2cc(OC(C)C(=O)N3CCCC(C4(O)CC4)C3)ccc12. The molecule has 34 heavy (non-hydrogen) atoms. The fourth-order valence-corrected chi connectivity index (χ4v) is 5.42. The van der Waals surface area contributed by atoms with E-state index in [0.29, 0.717) is 18.8 Å². The predicted molar refractivity (Wildman–Crippen MR) is 130 cm³/mol. The van der Waals surface area contributed by atoms with Gasteiger partial charge in [0.2, 0.25) is 0 Å². The van der Waals surface area contributed by atoms with Gasteiger partial charge < -0.3 is 14.7 Å². The van der Waals surface area contributed by atoms with Gasteiger partial charge in [-0.1, -0.05) is 0 Å². The Labute approximate surface area is 199 Å². The van der Waals surface area contributed by atoms with Crippen LogP contribution < -0.4 is 4.74 Å². The van der Waals surface area contributed by atoms with Crippen LogP contribution in [0.2, 0.25) is 0 Å². The van der Waals surface area contributed by atoms with Gasteiger partial charge in [-0.25, -0.2) is 4.39 Å². The normalized spacial score (nSPS) is 20.3. The third kappa shape index (κ3) is 4.27. The first-order valence-corrected chi connectivity index (χ1v) is 12.1. The topological polar surface area (TPSA) is 62.7 Å². The first-order chi connectivity index (χ1) is 16.2. The Morgan fingerprint density at radius 2 is 1.94 bits per heavy atom. The van der Waals surface area contributed by atoms with Gasteiger partial charge in [-0.05, 0) is 99.0 Å². The zero-order valence-electron chi connectivity index (χ0n) is 20.0. The van der Waals surface area contributed by atoms with E-state index >= 15 is 0 Å². The third-order valence-corrected chi connectivity index (χ3v) is 7.40. The Hall–Kier alpha value is -2.99. The van der Waals surface area contributed by atoms with Crippen molar-refractivity contribution in [2.75, 3.05) is 13.1 Å². The van der Waals surface area contributed by atoms with Gasteiger partial charge in [-0.3, -0.25) is 9.78 Å². The van der Waals surface area contributed by atoms with Crippen LogP contribution in [0.3, 0.4) is 0 Å². The number of pyridine rings is 1. The summed E-state index contributed by atoms with van der Waals surface area (Å²) in [4.78, 5) is 19.4. The summed E-state index contributed by atoms with van der Waals surface area (Å²) in [6, 6.07) is 10.7. The Bertz CT molecular complexity index is 1230. The smallest absolute Gasteiger partial charge is 0.263 e. The number of piperidine rings is 1. The number of ether oxygens (including phenoxy) is 1. The summed E-state index contributed by atoms with van der Waals surface area (Å²) in [6.45, 7) is 6.90. The molecule has 1 aromatic heterocycles. The number of amides is 1. The largest absolute Gasteiger partial charge is 0.481 e. The van der Waals surface area contributed by atoms with Crippen molar-refractivity contribution >= 4 is 16.8 Å². The highest BCUT2D eigenvalue weighted by atomic mass is 19.1. The quantitative estimate of drug-likeness (QED) is 0.567. The van der Waals surface area contributed by atoms with Crippen LogP contribution in [-0.2, 0) is 4.79 Å². The van der Waals surface area contributed by atoms with Crippen LogP contribution in [0.25, 0.3) is 22.0 Å². The molecule has 2 atom stereocenters. The van der Waals surface area contributed by atoms with Gasteiger partial charge >= 0.3 is 0 Å². The Balaban J connectivity index is 1.35. The molecule has 1 amide bonds. The van der Waals surface area contributed by atoms with Crippen LogP contribution >= 0.6 is 0 Å². The lowest BCUT2D eigenvalue weighted by atomic mass is 9.90. The van der Waals surface area contributed by atoms with E-state index in [9.17, 15) is 14.3 Å². The lowest BCUT2D eigenvalue weighted by Gasteiger charge is -2.36. The molecule has 3 aromatic rings. The number of aliphatic hydroxyl groups is 1. The molecule has 1 saturated heterocycles. The van der Waals surface area contributed by atoms with Crippen molar-refractivity contribution in [3.8, 4) is 16.9 Å². The molecule has 5 nitrogen and oxygen atoms in total. The number of fused-ring (bicyclic) bond motifs is 1. The third-order valence-electron chi connectivity index (χ3n) is 7.40. The van der Waals surface area contributed by atoms with E-state index in [4.69, 9.17) is 4.74 Å². The molecule has 2 fully saturated rings. The molecular formula is C28H31FN2O3. The fourth-order valence-electron chi connectivity index (χ4n) is 5.42. The maximum Gasteiger partial charge on any atom is 0.263 e. The molecule has 1 aliphatic heterocycles. The monoisotopic (exact) mass is 462 g/mol. The van der Waals surface area contributed by atoms with Gasteiger partial charge in [0.15, 0.2) is 6.10 Å². The number of benzene rings is 2. The van der Waals surface area contributed by atoms with Gasteiger partial charge in [0.1, 0.15) is 11.6 Å². The first kappa shape index (κ1) is 22.8. The second kappa shape index (κ2) is 8.66. The zero-order chi connectivity index (χ0) is 24.0. The minimum atomic E-state index is -0.630. The molecule has 2 aliphatic rings. The summed E-state index contributed by atoms with van der Waals surface area (Å²) in [5.41, 5.74) is 3.94. The molecule has 2 unspecified atom stereocenters. The molecule has 6 heteroatoms. The Morgan fingerprint density at radius 1 is 1.21 bits per heavy atom. The van der Waals surface area contributed by atoms with Crippen LogP contribution in [-0.4, -0.2) is 45.7 Å². The maximum atomic E-state index is 13.8. The van der Waals surface area contributed by atoms with E-state index in [1.54, 1.807) is 25.3 Å². The molecule has 178 valence electrons. The van der Waals surface area contributed by atoms with Gasteiger partial charge in [-0.2, -0.15) is 0 Å². The summed E-state index contributed by atoms with van der Waals surface area (Å²) in [6.07, 6.45) is 4.69. The van der Waals surface area contributed by atoms with E-state index in [0.717, 1.165) is 58.8 Å². The number of likely N-dealkylation sites (tertiary alicyclic amines) is 1. The number of carbonyl (C=O) groups excluding carboxylic acids is 1. The Kier molecular flexibility index (Phi) is 5.80. The van der Waals surface area contributed by atoms with Crippen molar-refractivity contribution in [2.24, 2.45) is 5.92 Å². The number of carbonyl (C=O) groups is 1. The number of aromatic nitrogens is 1. The maximum absolute atomic E-state index is 13.8. The van der Waals surface area contributed by atoms with E-state index in [1.807, 2.05) is 43.0 Å². The summed E-state index contributed by atoms with van der Waals surface area (Å²) in [5, 5.41) is 11.4. The van der Waals surface area contributed by atoms with E-state index in [2.05, 4.69) is 4.98 Å². The van der Waals surface area contributed by atoms with Gasteiger partial charge in [0.25, 0.3) is 5.91 Å². The lowest BCUT2D eigenvalue weighted by Crippen LogP contribution is -2.48. The van der Waals surface area contributed by atoms with E-state index in [1.165, 1.54) is 0 Å². The highest BCUT2D eigenvalue weighted by molar-refractivity contribution is 5.96. The van der Waals surface area contributed by atoms with Crippen LogP contribution in [0.15, 0.2) is 42.6 Å². The molecule has 2 heterocycles. The lowest BCUT2D eigenvalue weighted by molar-refractivity contribution is -0.141. The molecule has 0 bridgehead atoms. The minimum Gasteiger partial charge on any atom is -0.481 e. The number of halogens is 1. The van der Waals surface area contributed by atoms with Gasteiger partial charge in [0.05, 0.1) is 11.1 Å². The van der Waals surface area contributed by atoms with Crippen LogP contribution in [0, 0.1) is 25.6 Å². The molecule has 1 saturated carbocycles. The molecular weight excluding hydrogens is 431 g/mol. The number of nitrogens with zero attached hydrogens (tertiary/aromatic N) is 2. The van der Waals surface area contributed by atoms with Crippen molar-refractivity contribution in [2.45, 2.75) is 58.2 Å². The van der Waals surface area contributed by atoms with E-state index in [-0.39, 0.29) is 17.6 Å². The summed E-state index contributed by atoms with van der Waals surface area (Å²) in [5.74, 6) is 0.463. The average Bonchev–Trinajstić information content (AvgIpc) is 3.56. The summed E-state index contributed by atoms with van der Waals surface area (Å²) >= 11 is 0. The van der Waals surface area contributed by atoms with Crippen LogP contribution in [0.4, 0.5) is 4.39 Å². The number of aryl methyl sites for hydroxylation is 2. The molecule has 0 radical (unpaired) electrons. The van der Waals surface area contributed by atoms with Crippen molar-refractivity contribution in [3.05, 3.63) is 59.5 Å². The summed E-state index contributed by atoms with van der Waals surface area (Å²) < 4.78 is 19.9. The number of hydrogen-bond donors (Lipinski definition) is 1. The zero-order valence-corrected chi connectivity index (χ0v) is 20.0. The number of hydrogen-bond acceptors (Lipinski definition) is 4. The highest BCUT2D eigenvalue weighted by Crippen LogP contribution is 2.45. The highest BCUT2D eigenvalue weighted by Gasteiger charge is 2.49. The average molecular weight is 463 g/mol. The van der Waals surface area contributed by atoms with Crippen LogP contribution in [0.1, 0.15) is 43.7 Å². The van der Waals surface area contributed by atoms with Gasteiger partial charge in [0, 0.05) is 36.7 Å². The van der Waals surface area contributed by atoms with Crippen molar-refractivity contribution in [3.63, 3.8) is 0 Å². The Morgan fingerprint density at radius 3 is 2.65 bits per heavy atom. The minimum absolute atomic E-state index is 0.0479. The summed E-state index contributed by atoms with van der Waals surface area (Å²) in [7, 11) is 0. The second-order valence-corrected chi connectivity index (χ2v) is 9.94. The fraction of sp³-hybridized carbons (Fsp3) is 0.429.